The molecule has 46 heavy (non-hydrogen) atoms. The monoisotopic (exact) mass is 633 g/mol. The second-order valence-corrected chi connectivity index (χ2v) is 12.0. The number of hydrogen-bond donors (Lipinski definition) is 3. The number of thioether (sulfide) groups is 1. The number of para-hydroxylation sites is 1. The van der Waals surface area contributed by atoms with Gasteiger partial charge in [0.1, 0.15) is 11.5 Å². The lowest BCUT2D eigenvalue weighted by Crippen LogP contribution is -2.38. The van der Waals surface area contributed by atoms with Crippen LogP contribution in [0.4, 0.5) is 16.2 Å². The van der Waals surface area contributed by atoms with Gasteiger partial charge < -0.3 is 30.0 Å². The van der Waals surface area contributed by atoms with Crippen LogP contribution in [0.15, 0.2) is 133 Å². The van der Waals surface area contributed by atoms with Gasteiger partial charge in [0.25, 0.3) is 0 Å². The van der Waals surface area contributed by atoms with E-state index >= 15 is 0 Å². The van der Waals surface area contributed by atoms with Gasteiger partial charge >= 0.3 is 6.03 Å². The number of nitrogens with one attached hydrogen (secondary N) is 2. The number of aliphatic hydroxyl groups excluding tert-OH is 1. The van der Waals surface area contributed by atoms with Crippen LogP contribution in [0.5, 0.6) is 11.5 Å². The number of aromatic nitrogens is 1. The van der Waals surface area contributed by atoms with Crippen LogP contribution in [0.1, 0.15) is 36.0 Å². The number of nitrogens with zero attached hydrogens (tertiary/aromatic N) is 1. The molecule has 2 heterocycles. The summed E-state index contributed by atoms with van der Waals surface area (Å²) >= 11 is 1.66. The first-order valence-corrected chi connectivity index (χ1v) is 16.1. The smallest absolute Gasteiger partial charge is 0.323 e. The standard InChI is InChI=1S/C37H35N3O5S/c1-25-33(24-46-34-9-5-6-22-38-34)44-36(45-35(25)27-12-10-26(23-41)11-13-27)28-14-16-29(17-15-28)39-37(42)40-30-18-20-32(21-19-30)43-31-7-3-2-4-8-31/h2-22,25,33,35-36,41H,23-24H2,1H3,(H2,39,40,42)/t25-,33+,35+,36+/m0/s1. The summed E-state index contributed by atoms with van der Waals surface area (Å²) in [6.45, 7) is 2.13. The van der Waals surface area contributed by atoms with Gasteiger partial charge in [0.15, 0.2) is 6.29 Å². The number of benzene rings is 4. The van der Waals surface area contributed by atoms with Crippen molar-refractivity contribution in [1.82, 2.24) is 4.98 Å². The Morgan fingerprint density at radius 2 is 1.41 bits per heavy atom. The van der Waals surface area contributed by atoms with Gasteiger partial charge in [-0.15, -0.1) is 11.8 Å². The first-order chi connectivity index (χ1) is 22.5. The summed E-state index contributed by atoms with van der Waals surface area (Å²) in [4.78, 5) is 17.2. The van der Waals surface area contributed by atoms with Crippen molar-refractivity contribution in [2.24, 2.45) is 5.92 Å². The minimum Gasteiger partial charge on any atom is -0.457 e. The molecule has 8 nitrogen and oxygen atoms in total. The molecule has 1 saturated heterocycles. The van der Waals surface area contributed by atoms with E-state index in [0.717, 1.165) is 27.5 Å². The Balaban J connectivity index is 1.10. The molecule has 0 radical (unpaired) electrons. The molecular formula is C37H35N3O5S. The zero-order chi connectivity index (χ0) is 31.7. The highest BCUT2D eigenvalue weighted by Gasteiger charge is 2.38. The molecule has 9 heteroatoms. The first-order valence-electron chi connectivity index (χ1n) is 15.1. The zero-order valence-corrected chi connectivity index (χ0v) is 26.1. The van der Waals surface area contributed by atoms with E-state index in [0.29, 0.717) is 22.9 Å². The van der Waals surface area contributed by atoms with Gasteiger partial charge in [-0.3, -0.25) is 0 Å². The molecule has 0 unspecified atom stereocenters. The number of amides is 2. The summed E-state index contributed by atoms with van der Waals surface area (Å²) in [6.07, 6.45) is 0.862. The van der Waals surface area contributed by atoms with Gasteiger partial charge in [0.2, 0.25) is 0 Å². The lowest BCUT2D eigenvalue weighted by atomic mass is 9.91. The van der Waals surface area contributed by atoms with Crippen molar-refractivity contribution >= 4 is 29.2 Å². The Kier molecular flexibility index (Phi) is 10.3. The van der Waals surface area contributed by atoms with Crippen LogP contribution in [-0.2, 0) is 16.1 Å². The van der Waals surface area contributed by atoms with Crippen molar-refractivity contribution in [3.05, 3.63) is 144 Å². The predicted molar refractivity (Wildman–Crippen MR) is 180 cm³/mol. The summed E-state index contributed by atoms with van der Waals surface area (Å²) in [5, 5.41) is 16.2. The number of pyridine rings is 1. The Morgan fingerprint density at radius 3 is 2.07 bits per heavy atom. The van der Waals surface area contributed by atoms with Crippen LogP contribution in [0.3, 0.4) is 0 Å². The van der Waals surface area contributed by atoms with Crippen molar-refractivity contribution in [3.63, 3.8) is 0 Å². The molecule has 0 saturated carbocycles. The van der Waals surface area contributed by atoms with Crippen molar-refractivity contribution < 1.29 is 24.1 Å². The van der Waals surface area contributed by atoms with E-state index < -0.39 is 6.29 Å². The average molecular weight is 634 g/mol. The van der Waals surface area contributed by atoms with Gasteiger partial charge in [0.05, 0.1) is 23.8 Å². The van der Waals surface area contributed by atoms with Crippen LogP contribution < -0.4 is 15.4 Å². The van der Waals surface area contributed by atoms with Crippen molar-refractivity contribution in [2.75, 3.05) is 16.4 Å². The van der Waals surface area contributed by atoms with Crippen LogP contribution in [0.25, 0.3) is 0 Å². The number of anilines is 2. The Hall–Kier alpha value is -4.67. The number of carbonyl (C=O) groups is 1. The molecule has 1 aromatic heterocycles. The maximum absolute atomic E-state index is 12.7. The Bertz CT molecular complexity index is 1690. The van der Waals surface area contributed by atoms with E-state index in [2.05, 4.69) is 22.5 Å². The highest BCUT2D eigenvalue weighted by Crippen LogP contribution is 2.43. The molecule has 1 fully saturated rings. The van der Waals surface area contributed by atoms with Gasteiger partial charge in [-0.1, -0.05) is 67.6 Å². The second-order valence-electron chi connectivity index (χ2n) is 10.9. The lowest BCUT2D eigenvalue weighted by Gasteiger charge is -2.41. The van der Waals surface area contributed by atoms with Crippen LogP contribution >= 0.6 is 11.8 Å². The molecule has 1 aliphatic heterocycles. The normalized spacial score (nSPS) is 19.3. The third-order valence-corrected chi connectivity index (χ3v) is 8.72. The topological polar surface area (TPSA) is 102 Å². The van der Waals surface area contributed by atoms with Gasteiger partial charge in [-0.25, -0.2) is 9.78 Å². The number of ether oxygens (including phenoxy) is 3. The van der Waals surface area contributed by atoms with Crippen LogP contribution in [0, 0.1) is 5.92 Å². The Labute approximate surface area is 272 Å². The zero-order valence-electron chi connectivity index (χ0n) is 25.3. The Morgan fingerprint density at radius 1 is 0.783 bits per heavy atom. The molecule has 0 bridgehead atoms. The summed E-state index contributed by atoms with van der Waals surface area (Å²) in [5.41, 5.74) is 3.99. The molecule has 0 aliphatic carbocycles. The summed E-state index contributed by atoms with van der Waals surface area (Å²) in [6, 6.07) is 37.6. The minimum atomic E-state index is -0.604. The van der Waals surface area contributed by atoms with E-state index in [1.807, 2.05) is 97.1 Å². The molecule has 3 N–H and O–H groups in total. The van der Waals surface area contributed by atoms with Crippen LogP contribution in [-0.4, -0.2) is 28.0 Å². The largest absolute Gasteiger partial charge is 0.457 e. The maximum atomic E-state index is 12.7. The minimum absolute atomic E-state index is 0.00909. The van der Waals surface area contributed by atoms with Crippen molar-refractivity contribution in [1.29, 1.82) is 0 Å². The molecule has 4 aromatic carbocycles. The predicted octanol–water partition coefficient (Wildman–Crippen LogP) is 8.59. The molecule has 1 aliphatic rings. The highest BCUT2D eigenvalue weighted by molar-refractivity contribution is 7.99. The molecule has 4 atom stereocenters. The quantitative estimate of drug-likeness (QED) is 0.132. The third-order valence-electron chi connectivity index (χ3n) is 7.69. The first kappa shape index (κ1) is 31.3. The number of urea groups is 1. The third kappa shape index (κ3) is 8.13. The van der Waals surface area contributed by atoms with E-state index in [1.54, 1.807) is 42.2 Å². The van der Waals surface area contributed by atoms with E-state index in [-0.39, 0.29) is 30.8 Å². The molecule has 234 valence electrons. The number of aliphatic hydroxyl groups is 1. The SMILES string of the molecule is C[C@H]1[C@@H](CSc2ccccn2)O[C@@H](c2ccc(NC(=O)Nc3ccc(Oc4ccccc4)cc3)cc2)O[C@H]1c1ccc(CO)cc1. The fourth-order valence-corrected chi connectivity index (χ4v) is 6.19. The molecular weight excluding hydrogens is 598 g/mol. The summed E-state index contributed by atoms with van der Waals surface area (Å²) in [7, 11) is 0. The number of carbonyl (C=O) groups excluding carboxylic acids is 1. The fourth-order valence-electron chi connectivity index (χ4n) is 5.16. The van der Waals surface area contributed by atoms with E-state index in [4.69, 9.17) is 14.2 Å². The van der Waals surface area contributed by atoms with Gasteiger partial charge in [-0.05, 0) is 71.8 Å². The van der Waals surface area contributed by atoms with Crippen LogP contribution in [0.2, 0.25) is 0 Å². The van der Waals surface area contributed by atoms with Gasteiger partial charge in [0, 0.05) is 34.8 Å². The molecule has 6 rings (SSSR count). The summed E-state index contributed by atoms with van der Waals surface area (Å²) < 4.78 is 18.9. The molecule has 2 amide bonds. The summed E-state index contributed by atoms with van der Waals surface area (Å²) in [5.74, 6) is 2.20. The fraction of sp³-hybridized carbons (Fsp3) is 0.189. The molecule has 5 aromatic rings. The molecule has 0 spiro atoms. The average Bonchev–Trinajstić information content (AvgIpc) is 3.10. The van der Waals surface area contributed by atoms with Crippen molar-refractivity contribution in [2.45, 2.75) is 37.1 Å². The van der Waals surface area contributed by atoms with Crippen molar-refractivity contribution in [3.8, 4) is 11.5 Å². The maximum Gasteiger partial charge on any atom is 0.323 e. The second kappa shape index (κ2) is 15.1. The number of rotatable bonds is 10. The van der Waals surface area contributed by atoms with E-state index in [9.17, 15) is 9.90 Å². The highest BCUT2D eigenvalue weighted by atomic mass is 32.2. The van der Waals surface area contributed by atoms with Gasteiger partial charge in [-0.2, -0.15) is 0 Å². The number of hydrogen-bond acceptors (Lipinski definition) is 7. The lowest BCUT2D eigenvalue weighted by molar-refractivity contribution is -0.268. The van der Waals surface area contributed by atoms with E-state index in [1.165, 1.54) is 0 Å².